The lowest BCUT2D eigenvalue weighted by atomic mass is 10.2. The topological polar surface area (TPSA) is 92.3 Å². The number of amides is 2. The molecule has 7 heteroatoms. The third kappa shape index (κ3) is 6.80. The van der Waals surface area contributed by atoms with Gasteiger partial charge in [-0.1, -0.05) is 18.2 Å². The number of hydrogen-bond acceptors (Lipinski definition) is 5. The van der Waals surface area contributed by atoms with Crippen molar-refractivity contribution in [1.29, 1.82) is 0 Å². The maximum Gasteiger partial charge on any atom is 0.407 e. The van der Waals surface area contributed by atoms with Crippen molar-refractivity contribution in [2.45, 2.75) is 32.8 Å². The maximum absolute atomic E-state index is 12.1. The number of hydrogen-bond donors (Lipinski definition) is 3. The van der Waals surface area contributed by atoms with E-state index in [-0.39, 0.29) is 18.9 Å². The number of alkyl carbamates (subject to hydrolysis) is 1. The minimum atomic E-state index is -0.569. The zero-order valence-corrected chi connectivity index (χ0v) is 15.2. The van der Waals surface area contributed by atoms with Crippen LogP contribution in [0.5, 0.6) is 0 Å². The van der Waals surface area contributed by atoms with Gasteiger partial charge in [0.2, 0.25) is 5.91 Å². The molecule has 26 heavy (non-hydrogen) atoms. The van der Waals surface area contributed by atoms with Crippen molar-refractivity contribution >= 4 is 29.2 Å². The molecule has 0 aliphatic rings. The van der Waals surface area contributed by atoms with E-state index in [1.165, 1.54) is 0 Å². The summed E-state index contributed by atoms with van der Waals surface area (Å²) < 4.78 is 5.12. The Morgan fingerprint density at radius 2 is 1.81 bits per heavy atom. The van der Waals surface area contributed by atoms with Crippen LogP contribution >= 0.6 is 0 Å². The van der Waals surface area contributed by atoms with Gasteiger partial charge in [0.25, 0.3) is 0 Å². The van der Waals surface area contributed by atoms with E-state index in [4.69, 9.17) is 4.74 Å². The summed E-state index contributed by atoms with van der Waals surface area (Å²) in [4.78, 5) is 28.0. The average Bonchev–Trinajstić information content (AvgIpc) is 2.56. The second-order valence-corrected chi connectivity index (χ2v) is 6.62. The molecular weight excluding hydrogens is 332 g/mol. The Morgan fingerprint density at radius 1 is 1.08 bits per heavy atom. The fourth-order valence-corrected chi connectivity index (χ4v) is 2.07. The number of anilines is 3. The van der Waals surface area contributed by atoms with E-state index < -0.39 is 11.7 Å². The minimum Gasteiger partial charge on any atom is -0.444 e. The Labute approximate surface area is 153 Å². The number of nitrogens with zero attached hydrogens (tertiary/aromatic N) is 1. The van der Waals surface area contributed by atoms with Crippen molar-refractivity contribution in [2.24, 2.45) is 0 Å². The SMILES string of the molecule is CC(C)(C)OC(=O)NCCC(=O)Nc1cccnc1Nc1ccccc1. The van der Waals surface area contributed by atoms with Gasteiger partial charge >= 0.3 is 6.09 Å². The van der Waals surface area contributed by atoms with Gasteiger partial charge in [-0.25, -0.2) is 9.78 Å². The highest BCUT2D eigenvalue weighted by atomic mass is 16.6. The van der Waals surface area contributed by atoms with Crippen LogP contribution in [0.3, 0.4) is 0 Å². The molecule has 0 fully saturated rings. The first kappa shape index (κ1) is 19.2. The van der Waals surface area contributed by atoms with Gasteiger partial charge in [0.1, 0.15) is 5.60 Å². The van der Waals surface area contributed by atoms with Crippen LogP contribution < -0.4 is 16.0 Å². The van der Waals surface area contributed by atoms with Crippen molar-refractivity contribution in [3.63, 3.8) is 0 Å². The molecule has 0 saturated heterocycles. The van der Waals surface area contributed by atoms with Gasteiger partial charge in [-0.3, -0.25) is 4.79 Å². The molecule has 2 rings (SSSR count). The molecule has 7 nitrogen and oxygen atoms in total. The van der Waals surface area contributed by atoms with Gasteiger partial charge in [-0.2, -0.15) is 0 Å². The van der Waals surface area contributed by atoms with Crippen LogP contribution in [0.1, 0.15) is 27.2 Å². The van der Waals surface area contributed by atoms with Crippen LogP contribution in [0.15, 0.2) is 48.7 Å². The Morgan fingerprint density at radius 3 is 2.50 bits per heavy atom. The van der Waals surface area contributed by atoms with Gasteiger partial charge < -0.3 is 20.7 Å². The van der Waals surface area contributed by atoms with Gasteiger partial charge in [0.15, 0.2) is 5.82 Å². The molecule has 0 unspecified atom stereocenters. The predicted molar refractivity (Wildman–Crippen MR) is 101 cm³/mol. The van der Waals surface area contributed by atoms with Crippen molar-refractivity contribution in [1.82, 2.24) is 10.3 Å². The first-order valence-corrected chi connectivity index (χ1v) is 8.37. The Kier molecular flexibility index (Phi) is 6.54. The van der Waals surface area contributed by atoms with Crippen LogP contribution in [0.2, 0.25) is 0 Å². The van der Waals surface area contributed by atoms with Crippen LogP contribution in [-0.4, -0.2) is 29.1 Å². The van der Waals surface area contributed by atoms with E-state index >= 15 is 0 Å². The van der Waals surface area contributed by atoms with Crippen molar-refractivity contribution in [3.05, 3.63) is 48.7 Å². The molecule has 0 aliphatic carbocycles. The first-order chi connectivity index (χ1) is 12.3. The van der Waals surface area contributed by atoms with Gasteiger partial charge in [0, 0.05) is 24.8 Å². The summed E-state index contributed by atoms with van der Waals surface area (Å²) in [6, 6.07) is 13.1. The van der Waals surface area contributed by atoms with E-state index in [1.54, 1.807) is 39.1 Å². The van der Waals surface area contributed by atoms with E-state index in [1.807, 2.05) is 30.3 Å². The molecule has 2 amide bonds. The summed E-state index contributed by atoms with van der Waals surface area (Å²) in [5.41, 5.74) is 0.868. The average molecular weight is 356 g/mol. The highest BCUT2D eigenvalue weighted by molar-refractivity contribution is 5.94. The number of nitrogens with one attached hydrogen (secondary N) is 3. The Hall–Kier alpha value is -3.09. The summed E-state index contributed by atoms with van der Waals surface area (Å²) in [6.07, 6.45) is 1.22. The Balaban J connectivity index is 1.86. The molecule has 3 N–H and O–H groups in total. The molecule has 0 radical (unpaired) electrons. The van der Waals surface area contributed by atoms with E-state index in [2.05, 4.69) is 20.9 Å². The fraction of sp³-hybridized carbons (Fsp3) is 0.316. The lowest BCUT2D eigenvalue weighted by molar-refractivity contribution is -0.116. The maximum atomic E-state index is 12.1. The van der Waals surface area contributed by atoms with Crippen molar-refractivity contribution in [2.75, 3.05) is 17.2 Å². The lowest BCUT2D eigenvalue weighted by Gasteiger charge is -2.19. The summed E-state index contributed by atoms with van der Waals surface area (Å²) in [6.45, 7) is 5.53. The number of carbonyl (C=O) groups is 2. The monoisotopic (exact) mass is 356 g/mol. The molecule has 1 heterocycles. The van der Waals surface area contributed by atoms with Crippen LogP contribution in [0.4, 0.5) is 22.0 Å². The fourth-order valence-electron chi connectivity index (χ4n) is 2.07. The molecule has 0 aliphatic heterocycles. The van der Waals surface area contributed by atoms with Gasteiger partial charge in [-0.05, 0) is 45.0 Å². The van der Waals surface area contributed by atoms with Crippen molar-refractivity contribution < 1.29 is 14.3 Å². The minimum absolute atomic E-state index is 0.124. The largest absolute Gasteiger partial charge is 0.444 e. The molecule has 0 spiro atoms. The highest BCUT2D eigenvalue weighted by Crippen LogP contribution is 2.22. The van der Waals surface area contributed by atoms with Crippen molar-refractivity contribution in [3.8, 4) is 0 Å². The summed E-state index contributed by atoms with van der Waals surface area (Å²) in [7, 11) is 0. The zero-order chi connectivity index (χ0) is 19.0. The number of aromatic nitrogens is 1. The highest BCUT2D eigenvalue weighted by Gasteiger charge is 2.16. The number of carbonyl (C=O) groups excluding carboxylic acids is 2. The summed E-state index contributed by atoms with van der Waals surface area (Å²) in [5, 5.41) is 8.52. The number of para-hydroxylation sites is 1. The second kappa shape index (κ2) is 8.84. The summed E-state index contributed by atoms with van der Waals surface area (Å²) in [5.74, 6) is 0.317. The quantitative estimate of drug-likeness (QED) is 0.734. The van der Waals surface area contributed by atoms with E-state index in [0.29, 0.717) is 11.5 Å². The third-order valence-electron chi connectivity index (χ3n) is 3.14. The molecule has 138 valence electrons. The molecule has 0 saturated carbocycles. The number of rotatable bonds is 6. The second-order valence-electron chi connectivity index (χ2n) is 6.62. The van der Waals surface area contributed by atoms with Crippen LogP contribution in [0, 0.1) is 0 Å². The lowest BCUT2D eigenvalue weighted by Crippen LogP contribution is -2.34. The molecule has 0 atom stereocenters. The molecular formula is C19H24N4O3. The standard InChI is InChI=1S/C19H24N4O3/c1-19(2,3)26-18(25)21-13-11-16(24)23-15-10-7-12-20-17(15)22-14-8-5-4-6-9-14/h4-10,12H,11,13H2,1-3H3,(H,20,22)(H,21,25)(H,23,24). The number of ether oxygens (including phenoxy) is 1. The van der Waals surface area contributed by atoms with Gasteiger partial charge in [0.05, 0.1) is 5.69 Å². The molecule has 1 aromatic heterocycles. The molecule has 1 aromatic carbocycles. The smallest absolute Gasteiger partial charge is 0.407 e. The normalized spacial score (nSPS) is 10.7. The third-order valence-corrected chi connectivity index (χ3v) is 3.14. The van der Waals surface area contributed by atoms with Crippen LogP contribution in [0.25, 0.3) is 0 Å². The van der Waals surface area contributed by atoms with Crippen LogP contribution in [-0.2, 0) is 9.53 Å². The van der Waals surface area contributed by atoms with Gasteiger partial charge in [-0.15, -0.1) is 0 Å². The van der Waals surface area contributed by atoms with E-state index in [0.717, 1.165) is 5.69 Å². The first-order valence-electron chi connectivity index (χ1n) is 8.37. The summed E-state index contributed by atoms with van der Waals surface area (Å²) >= 11 is 0. The molecule has 0 bridgehead atoms. The molecule has 2 aromatic rings. The number of benzene rings is 1. The Bertz CT molecular complexity index is 742. The predicted octanol–water partition coefficient (Wildman–Crippen LogP) is 3.68. The number of pyridine rings is 1. The zero-order valence-electron chi connectivity index (χ0n) is 15.2. The van der Waals surface area contributed by atoms with E-state index in [9.17, 15) is 9.59 Å².